The highest BCUT2D eigenvalue weighted by Gasteiger charge is 2.16. The van der Waals surface area contributed by atoms with Crippen molar-refractivity contribution in [2.45, 2.75) is 12.1 Å². The SMILES string of the molecule is CCOc1ccc(-n2c(SCC#N)nnc2-c2cccc(OC)c2)cc1. The predicted octanol–water partition coefficient (Wildman–Crippen LogP) is 3.96. The summed E-state index contributed by atoms with van der Waals surface area (Å²) >= 11 is 1.35. The van der Waals surface area contributed by atoms with Crippen LogP contribution < -0.4 is 9.47 Å². The topological polar surface area (TPSA) is 73.0 Å². The zero-order valence-corrected chi connectivity index (χ0v) is 15.4. The highest BCUT2D eigenvalue weighted by Crippen LogP contribution is 2.30. The van der Waals surface area contributed by atoms with E-state index in [1.165, 1.54) is 11.8 Å². The van der Waals surface area contributed by atoms with Gasteiger partial charge in [-0.05, 0) is 43.3 Å². The molecule has 1 aromatic heterocycles. The Bertz CT molecular complexity index is 916. The lowest BCUT2D eigenvalue weighted by atomic mass is 10.2. The van der Waals surface area contributed by atoms with Gasteiger partial charge in [-0.2, -0.15) is 5.26 Å². The molecule has 0 unspecified atom stereocenters. The lowest BCUT2D eigenvalue weighted by Gasteiger charge is -2.11. The van der Waals surface area contributed by atoms with Crippen molar-refractivity contribution in [1.82, 2.24) is 14.8 Å². The third-order valence-electron chi connectivity index (χ3n) is 3.63. The van der Waals surface area contributed by atoms with Crippen molar-refractivity contribution in [3.05, 3.63) is 48.5 Å². The maximum Gasteiger partial charge on any atom is 0.197 e. The molecule has 0 aliphatic rings. The van der Waals surface area contributed by atoms with Gasteiger partial charge in [-0.3, -0.25) is 4.57 Å². The van der Waals surface area contributed by atoms with Crippen LogP contribution in [0.2, 0.25) is 0 Å². The summed E-state index contributed by atoms with van der Waals surface area (Å²) in [5, 5.41) is 18.2. The summed E-state index contributed by atoms with van der Waals surface area (Å²) in [6.07, 6.45) is 0. The molecule has 3 aromatic rings. The summed E-state index contributed by atoms with van der Waals surface area (Å²) in [6.45, 7) is 2.57. The van der Waals surface area contributed by atoms with Gasteiger partial charge in [0, 0.05) is 11.3 Å². The van der Waals surface area contributed by atoms with E-state index in [0.29, 0.717) is 23.3 Å². The normalized spacial score (nSPS) is 10.3. The van der Waals surface area contributed by atoms with Crippen LogP contribution in [0.4, 0.5) is 0 Å². The first kappa shape index (κ1) is 17.8. The van der Waals surface area contributed by atoms with Gasteiger partial charge in [0.25, 0.3) is 0 Å². The summed E-state index contributed by atoms with van der Waals surface area (Å²) < 4.78 is 12.8. The fourth-order valence-electron chi connectivity index (χ4n) is 2.50. The first-order valence-corrected chi connectivity index (χ1v) is 9.08. The summed E-state index contributed by atoms with van der Waals surface area (Å²) in [7, 11) is 1.63. The molecule has 0 saturated heterocycles. The summed E-state index contributed by atoms with van der Waals surface area (Å²) in [4.78, 5) is 0. The molecule has 0 bridgehead atoms. The Hall–Kier alpha value is -2.98. The molecule has 3 rings (SSSR count). The Kier molecular flexibility index (Phi) is 5.77. The second-order valence-electron chi connectivity index (χ2n) is 5.25. The Labute approximate surface area is 156 Å². The van der Waals surface area contributed by atoms with Crippen LogP contribution in [0.3, 0.4) is 0 Å². The number of methoxy groups -OCH3 is 1. The molecule has 0 radical (unpaired) electrons. The minimum absolute atomic E-state index is 0.299. The molecule has 2 aromatic carbocycles. The van der Waals surface area contributed by atoms with E-state index in [1.54, 1.807) is 7.11 Å². The highest BCUT2D eigenvalue weighted by atomic mass is 32.2. The van der Waals surface area contributed by atoms with Gasteiger partial charge in [-0.15, -0.1) is 10.2 Å². The quantitative estimate of drug-likeness (QED) is 0.589. The van der Waals surface area contributed by atoms with E-state index in [2.05, 4.69) is 16.3 Å². The lowest BCUT2D eigenvalue weighted by Crippen LogP contribution is -2.00. The molecule has 0 N–H and O–H groups in total. The monoisotopic (exact) mass is 366 g/mol. The van der Waals surface area contributed by atoms with Crippen molar-refractivity contribution in [2.75, 3.05) is 19.5 Å². The molecule has 0 fully saturated rings. The third kappa shape index (κ3) is 3.81. The molecule has 0 amide bonds. The third-order valence-corrected chi connectivity index (χ3v) is 4.43. The van der Waals surface area contributed by atoms with E-state index in [-0.39, 0.29) is 0 Å². The number of benzene rings is 2. The summed E-state index contributed by atoms with van der Waals surface area (Å²) in [5.41, 5.74) is 1.78. The van der Waals surface area contributed by atoms with Crippen LogP contribution in [0.15, 0.2) is 53.7 Å². The van der Waals surface area contributed by atoms with Crippen LogP contribution in [-0.2, 0) is 0 Å². The standard InChI is InChI=1S/C19H18N4O2S/c1-3-25-16-9-7-15(8-10-16)23-18(21-22-19(23)26-12-11-20)14-5-4-6-17(13-14)24-2/h4-10,13H,3,12H2,1-2H3. The average Bonchev–Trinajstić information content (AvgIpc) is 3.11. The Morgan fingerprint density at radius 2 is 1.92 bits per heavy atom. The van der Waals surface area contributed by atoms with Crippen LogP contribution in [-0.4, -0.2) is 34.2 Å². The maximum absolute atomic E-state index is 8.92. The van der Waals surface area contributed by atoms with E-state index < -0.39 is 0 Å². The molecular formula is C19H18N4O2S. The molecule has 0 atom stereocenters. The number of nitriles is 1. The number of rotatable bonds is 7. The van der Waals surface area contributed by atoms with Crippen molar-refractivity contribution >= 4 is 11.8 Å². The number of hydrogen-bond donors (Lipinski definition) is 0. The minimum atomic E-state index is 0.299. The predicted molar refractivity (Wildman–Crippen MR) is 101 cm³/mol. The van der Waals surface area contributed by atoms with E-state index in [4.69, 9.17) is 14.7 Å². The lowest BCUT2D eigenvalue weighted by molar-refractivity contribution is 0.340. The van der Waals surface area contributed by atoms with E-state index in [0.717, 1.165) is 22.7 Å². The van der Waals surface area contributed by atoms with Gasteiger partial charge in [0.15, 0.2) is 11.0 Å². The van der Waals surface area contributed by atoms with Crippen molar-refractivity contribution < 1.29 is 9.47 Å². The van der Waals surface area contributed by atoms with Crippen molar-refractivity contribution in [1.29, 1.82) is 5.26 Å². The van der Waals surface area contributed by atoms with Crippen molar-refractivity contribution in [3.63, 3.8) is 0 Å². The van der Waals surface area contributed by atoms with Crippen molar-refractivity contribution in [2.24, 2.45) is 0 Å². The van der Waals surface area contributed by atoms with Crippen LogP contribution in [0.1, 0.15) is 6.92 Å². The zero-order chi connectivity index (χ0) is 18.4. The van der Waals surface area contributed by atoms with Gasteiger partial charge in [0.2, 0.25) is 0 Å². The van der Waals surface area contributed by atoms with Crippen LogP contribution in [0.5, 0.6) is 11.5 Å². The second kappa shape index (κ2) is 8.41. The Morgan fingerprint density at radius 3 is 2.62 bits per heavy atom. The zero-order valence-electron chi connectivity index (χ0n) is 14.5. The Balaban J connectivity index is 2.08. The largest absolute Gasteiger partial charge is 0.497 e. The van der Waals surface area contributed by atoms with Gasteiger partial charge in [-0.25, -0.2) is 0 Å². The van der Waals surface area contributed by atoms with Crippen LogP contribution in [0, 0.1) is 11.3 Å². The van der Waals surface area contributed by atoms with Crippen LogP contribution >= 0.6 is 11.8 Å². The van der Waals surface area contributed by atoms with E-state index >= 15 is 0 Å². The van der Waals surface area contributed by atoms with Crippen LogP contribution in [0.25, 0.3) is 17.1 Å². The molecule has 0 saturated carbocycles. The molecule has 7 heteroatoms. The van der Waals surface area contributed by atoms with Gasteiger partial charge in [0.05, 0.1) is 25.5 Å². The highest BCUT2D eigenvalue weighted by molar-refractivity contribution is 7.99. The molecule has 0 aliphatic carbocycles. The Morgan fingerprint density at radius 1 is 1.12 bits per heavy atom. The molecule has 1 heterocycles. The number of ether oxygens (including phenoxy) is 2. The molecule has 0 aliphatic heterocycles. The number of aromatic nitrogens is 3. The van der Waals surface area contributed by atoms with Gasteiger partial charge in [-0.1, -0.05) is 23.9 Å². The average molecular weight is 366 g/mol. The second-order valence-corrected chi connectivity index (χ2v) is 6.19. The number of nitrogens with zero attached hydrogens (tertiary/aromatic N) is 4. The molecular weight excluding hydrogens is 348 g/mol. The molecule has 0 spiro atoms. The van der Waals surface area contributed by atoms with E-state index in [9.17, 15) is 0 Å². The van der Waals surface area contributed by atoms with Gasteiger partial charge in [0.1, 0.15) is 11.5 Å². The van der Waals surface area contributed by atoms with Gasteiger partial charge < -0.3 is 9.47 Å². The van der Waals surface area contributed by atoms with E-state index in [1.807, 2.05) is 60.0 Å². The first-order chi connectivity index (χ1) is 12.8. The number of hydrogen-bond acceptors (Lipinski definition) is 6. The molecule has 6 nitrogen and oxygen atoms in total. The first-order valence-electron chi connectivity index (χ1n) is 8.09. The fraction of sp³-hybridized carbons (Fsp3) is 0.211. The van der Waals surface area contributed by atoms with Gasteiger partial charge >= 0.3 is 0 Å². The minimum Gasteiger partial charge on any atom is -0.497 e. The summed E-state index contributed by atoms with van der Waals surface area (Å²) in [6, 6.07) is 17.5. The van der Waals surface area contributed by atoms with Crippen molar-refractivity contribution in [3.8, 4) is 34.6 Å². The molecule has 26 heavy (non-hydrogen) atoms. The summed E-state index contributed by atoms with van der Waals surface area (Å²) in [5.74, 6) is 2.54. The molecule has 132 valence electrons. The fourth-order valence-corrected chi connectivity index (χ4v) is 3.11. The maximum atomic E-state index is 8.92. The number of thioether (sulfide) groups is 1. The smallest absolute Gasteiger partial charge is 0.197 e.